The molecule has 2 aromatic rings. The molecule has 0 aliphatic carbocycles. The normalized spacial score (nSPS) is 10.6. The summed E-state index contributed by atoms with van der Waals surface area (Å²) in [5, 5.41) is 0. The predicted molar refractivity (Wildman–Crippen MR) is 92.8 cm³/mol. The second kappa shape index (κ2) is 7.90. The molecule has 1 aromatic heterocycles. The summed E-state index contributed by atoms with van der Waals surface area (Å²) < 4.78 is 18.4. The van der Waals surface area contributed by atoms with Crippen LogP contribution in [0.1, 0.15) is 61.2 Å². The summed E-state index contributed by atoms with van der Waals surface area (Å²) in [4.78, 5) is 26.3. The molecule has 1 N–H and O–H groups in total. The zero-order chi connectivity index (χ0) is 18.5. The first kappa shape index (κ1) is 19.6. The molecule has 5 heteroatoms. The summed E-state index contributed by atoms with van der Waals surface area (Å²) in [5.41, 5.74) is 1.71. The van der Waals surface area contributed by atoms with E-state index in [1.165, 1.54) is 12.1 Å². The van der Waals surface area contributed by atoms with Gasteiger partial charge in [0.15, 0.2) is 6.29 Å². The minimum atomic E-state index is -0.633. The average molecular weight is 333 g/mol. The number of carbonyl (C=O) groups excluding carboxylic acids is 2. The minimum Gasteiger partial charge on any atom is -0.455 e. The SMILES string of the molecule is CC.Cc1c(C(=O)OC(C)(C)C)[nH]c(C=O)c1-c1ccc(F)cc1. The highest BCUT2D eigenvalue weighted by Gasteiger charge is 2.24. The van der Waals surface area contributed by atoms with Crippen molar-refractivity contribution in [2.45, 2.75) is 47.1 Å². The maximum absolute atomic E-state index is 13.1. The Morgan fingerprint density at radius 2 is 1.71 bits per heavy atom. The van der Waals surface area contributed by atoms with Crippen molar-refractivity contribution in [2.75, 3.05) is 0 Å². The third-order valence-electron chi connectivity index (χ3n) is 3.13. The van der Waals surface area contributed by atoms with Gasteiger partial charge in [-0.05, 0) is 51.0 Å². The Kier molecular flexibility index (Phi) is 6.46. The van der Waals surface area contributed by atoms with Crippen molar-refractivity contribution in [2.24, 2.45) is 0 Å². The van der Waals surface area contributed by atoms with Crippen LogP contribution in [0, 0.1) is 12.7 Å². The minimum absolute atomic E-state index is 0.233. The van der Waals surface area contributed by atoms with Crippen molar-refractivity contribution in [1.82, 2.24) is 4.98 Å². The monoisotopic (exact) mass is 333 g/mol. The molecule has 0 atom stereocenters. The highest BCUT2D eigenvalue weighted by atomic mass is 19.1. The van der Waals surface area contributed by atoms with Crippen LogP contribution in [-0.2, 0) is 4.74 Å². The molecule has 0 unspecified atom stereocenters. The Labute approximate surface area is 142 Å². The lowest BCUT2D eigenvalue weighted by atomic mass is 10.0. The number of hydrogen-bond donors (Lipinski definition) is 1. The highest BCUT2D eigenvalue weighted by Crippen LogP contribution is 2.30. The zero-order valence-electron chi connectivity index (χ0n) is 15.0. The molecule has 1 heterocycles. The van der Waals surface area contributed by atoms with Gasteiger partial charge in [0.25, 0.3) is 0 Å². The van der Waals surface area contributed by atoms with E-state index < -0.39 is 11.6 Å². The third-order valence-corrected chi connectivity index (χ3v) is 3.13. The number of hydrogen-bond acceptors (Lipinski definition) is 3. The summed E-state index contributed by atoms with van der Waals surface area (Å²) in [6, 6.07) is 5.75. The molecule has 1 aromatic carbocycles. The summed E-state index contributed by atoms with van der Waals surface area (Å²) in [6.45, 7) is 11.0. The van der Waals surface area contributed by atoms with Crippen LogP contribution in [-0.4, -0.2) is 22.8 Å². The molecule has 0 spiro atoms. The molecule has 0 saturated carbocycles. The van der Waals surface area contributed by atoms with Crippen molar-refractivity contribution >= 4 is 12.3 Å². The summed E-state index contributed by atoms with van der Waals surface area (Å²) in [6.07, 6.45) is 0.638. The van der Waals surface area contributed by atoms with Gasteiger partial charge in [0.1, 0.15) is 17.1 Å². The number of aldehydes is 1. The molecular formula is C19H24FNO3. The van der Waals surface area contributed by atoms with Crippen LogP contribution in [0.2, 0.25) is 0 Å². The lowest BCUT2D eigenvalue weighted by Crippen LogP contribution is -2.24. The van der Waals surface area contributed by atoms with Gasteiger partial charge in [0.2, 0.25) is 0 Å². The van der Waals surface area contributed by atoms with Crippen molar-refractivity contribution < 1.29 is 18.7 Å². The number of benzene rings is 1. The van der Waals surface area contributed by atoms with Gasteiger partial charge >= 0.3 is 5.97 Å². The molecule has 24 heavy (non-hydrogen) atoms. The summed E-state index contributed by atoms with van der Waals surface area (Å²) >= 11 is 0. The lowest BCUT2D eigenvalue weighted by molar-refractivity contribution is 0.00628. The molecular weight excluding hydrogens is 309 g/mol. The third kappa shape index (κ3) is 4.54. The molecule has 0 bridgehead atoms. The fourth-order valence-corrected chi connectivity index (χ4v) is 2.23. The van der Waals surface area contributed by atoms with Crippen molar-refractivity contribution in [1.29, 1.82) is 0 Å². The average Bonchev–Trinajstić information content (AvgIpc) is 2.85. The van der Waals surface area contributed by atoms with Gasteiger partial charge in [-0.15, -0.1) is 0 Å². The van der Waals surface area contributed by atoms with E-state index in [1.54, 1.807) is 39.8 Å². The predicted octanol–water partition coefficient (Wildman–Crippen LogP) is 4.92. The second-order valence-corrected chi connectivity index (χ2v) is 6.04. The van der Waals surface area contributed by atoms with Gasteiger partial charge in [-0.3, -0.25) is 4.79 Å². The zero-order valence-corrected chi connectivity index (χ0v) is 15.0. The van der Waals surface area contributed by atoms with E-state index in [9.17, 15) is 14.0 Å². The Bertz CT molecular complexity index is 709. The van der Waals surface area contributed by atoms with Gasteiger partial charge in [0, 0.05) is 5.56 Å². The van der Waals surface area contributed by atoms with Crippen molar-refractivity contribution in [3.8, 4) is 11.1 Å². The van der Waals surface area contributed by atoms with Gasteiger partial charge in [-0.25, -0.2) is 9.18 Å². The van der Waals surface area contributed by atoms with Crippen molar-refractivity contribution in [3.63, 3.8) is 0 Å². The van der Waals surface area contributed by atoms with E-state index in [4.69, 9.17) is 4.74 Å². The van der Waals surface area contributed by atoms with Crippen LogP contribution in [0.25, 0.3) is 11.1 Å². The fourth-order valence-electron chi connectivity index (χ4n) is 2.23. The number of nitrogens with one attached hydrogen (secondary N) is 1. The maximum Gasteiger partial charge on any atom is 0.355 e. The Morgan fingerprint density at radius 3 is 2.17 bits per heavy atom. The Morgan fingerprint density at radius 1 is 1.17 bits per heavy atom. The van der Waals surface area contributed by atoms with Crippen LogP contribution in [0.15, 0.2) is 24.3 Å². The summed E-state index contributed by atoms with van der Waals surface area (Å²) in [5.74, 6) is -0.890. The molecule has 0 radical (unpaired) electrons. The number of aromatic amines is 1. The summed E-state index contributed by atoms with van der Waals surface area (Å²) in [7, 11) is 0. The van der Waals surface area contributed by atoms with Crippen LogP contribution in [0.4, 0.5) is 4.39 Å². The Balaban J connectivity index is 0.00000139. The van der Waals surface area contributed by atoms with E-state index in [2.05, 4.69) is 4.98 Å². The maximum atomic E-state index is 13.1. The van der Waals surface area contributed by atoms with E-state index in [1.807, 2.05) is 13.8 Å². The number of halogens is 1. The van der Waals surface area contributed by atoms with E-state index in [-0.39, 0.29) is 17.2 Å². The highest BCUT2D eigenvalue weighted by molar-refractivity contribution is 5.97. The standard InChI is InChI=1S/C17H18FNO3.C2H6/c1-10-14(11-5-7-12(18)8-6-11)13(9-20)19-15(10)16(21)22-17(2,3)4;1-2/h5-9,19H,1-4H3;1-2H3. The lowest BCUT2D eigenvalue weighted by Gasteiger charge is -2.19. The first-order chi connectivity index (χ1) is 11.2. The molecule has 0 amide bonds. The van der Waals surface area contributed by atoms with Crippen molar-refractivity contribution in [3.05, 3.63) is 47.0 Å². The van der Waals surface area contributed by atoms with Crippen LogP contribution < -0.4 is 0 Å². The fraction of sp³-hybridized carbons (Fsp3) is 0.368. The van der Waals surface area contributed by atoms with E-state index >= 15 is 0 Å². The van der Waals surface area contributed by atoms with Crippen LogP contribution in [0.5, 0.6) is 0 Å². The molecule has 4 nitrogen and oxygen atoms in total. The van der Waals surface area contributed by atoms with Crippen LogP contribution in [0.3, 0.4) is 0 Å². The quantitative estimate of drug-likeness (QED) is 0.640. The number of carbonyl (C=O) groups is 2. The van der Waals surface area contributed by atoms with Crippen LogP contribution >= 0.6 is 0 Å². The number of aromatic nitrogens is 1. The number of esters is 1. The van der Waals surface area contributed by atoms with Gasteiger partial charge < -0.3 is 9.72 Å². The number of rotatable bonds is 3. The Hall–Kier alpha value is -2.43. The molecule has 130 valence electrons. The largest absolute Gasteiger partial charge is 0.455 e. The molecule has 0 aliphatic heterocycles. The first-order valence-corrected chi connectivity index (χ1v) is 7.90. The van der Waals surface area contributed by atoms with Gasteiger partial charge in [-0.1, -0.05) is 26.0 Å². The van der Waals surface area contributed by atoms with Gasteiger partial charge in [0.05, 0.1) is 5.69 Å². The topological polar surface area (TPSA) is 59.2 Å². The molecule has 2 rings (SSSR count). The van der Waals surface area contributed by atoms with Gasteiger partial charge in [-0.2, -0.15) is 0 Å². The first-order valence-electron chi connectivity index (χ1n) is 7.90. The van der Waals surface area contributed by atoms with E-state index in [0.29, 0.717) is 23.0 Å². The second-order valence-electron chi connectivity index (χ2n) is 6.04. The molecule has 0 fully saturated rings. The molecule has 0 aliphatic rings. The number of H-pyrrole nitrogens is 1. The smallest absolute Gasteiger partial charge is 0.355 e. The number of ether oxygens (including phenoxy) is 1. The molecule has 0 saturated heterocycles. The van der Waals surface area contributed by atoms with E-state index in [0.717, 1.165) is 0 Å².